The van der Waals surface area contributed by atoms with Gasteiger partial charge in [0.2, 0.25) is 11.8 Å². The number of hydrogen-bond donors (Lipinski definition) is 0. The summed E-state index contributed by atoms with van der Waals surface area (Å²) in [4.78, 5) is 30.2. The van der Waals surface area contributed by atoms with Gasteiger partial charge >= 0.3 is 0 Å². The zero-order valence-electron chi connectivity index (χ0n) is 16.4. The molecule has 0 spiro atoms. The molecule has 0 aromatic heterocycles. The van der Waals surface area contributed by atoms with Crippen LogP contribution in [-0.4, -0.2) is 99.3 Å². The van der Waals surface area contributed by atoms with Gasteiger partial charge in [-0.3, -0.25) is 14.5 Å². The van der Waals surface area contributed by atoms with Crippen LogP contribution in [0.15, 0.2) is 12.2 Å². The molecule has 0 bridgehead atoms. The third-order valence-corrected chi connectivity index (χ3v) is 5.31. The van der Waals surface area contributed by atoms with Gasteiger partial charge in [0, 0.05) is 66.4 Å². The van der Waals surface area contributed by atoms with Gasteiger partial charge in [0.15, 0.2) is 0 Å². The number of amides is 2. The summed E-state index contributed by atoms with van der Waals surface area (Å²) in [6.45, 7) is 5.41. The van der Waals surface area contributed by atoms with E-state index in [4.69, 9.17) is 9.47 Å². The van der Waals surface area contributed by atoms with Gasteiger partial charge < -0.3 is 19.3 Å². The molecule has 2 heterocycles. The molecule has 0 radical (unpaired) electrons. The molecule has 2 fully saturated rings. The molecule has 2 saturated heterocycles. The fraction of sp³-hybridized carbons (Fsp3) is 0.789. The van der Waals surface area contributed by atoms with Gasteiger partial charge in [0.1, 0.15) is 0 Å². The average molecular weight is 367 g/mol. The molecule has 26 heavy (non-hydrogen) atoms. The zero-order valence-corrected chi connectivity index (χ0v) is 16.4. The Bertz CT molecular complexity index is 503. The van der Waals surface area contributed by atoms with Crippen molar-refractivity contribution in [3.05, 3.63) is 12.2 Å². The first-order valence-electron chi connectivity index (χ1n) is 9.47. The summed E-state index contributed by atoms with van der Waals surface area (Å²) in [6, 6.07) is 0. The van der Waals surface area contributed by atoms with Crippen molar-refractivity contribution >= 4 is 11.8 Å². The van der Waals surface area contributed by atoms with Crippen LogP contribution in [0.1, 0.15) is 25.7 Å². The van der Waals surface area contributed by atoms with Crippen LogP contribution >= 0.6 is 0 Å². The molecule has 0 aliphatic carbocycles. The van der Waals surface area contributed by atoms with Crippen molar-refractivity contribution in [3.8, 4) is 0 Å². The predicted octanol–water partition coefficient (Wildman–Crippen LogP) is 0.751. The minimum absolute atomic E-state index is 0.0262. The van der Waals surface area contributed by atoms with E-state index >= 15 is 0 Å². The monoisotopic (exact) mass is 367 g/mol. The fourth-order valence-corrected chi connectivity index (χ4v) is 3.51. The Morgan fingerprint density at radius 2 is 1.96 bits per heavy atom. The molecule has 0 aromatic carbocycles. The van der Waals surface area contributed by atoms with Gasteiger partial charge in [0.05, 0.1) is 18.8 Å². The highest BCUT2D eigenvalue weighted by molar-refractivity contribution is 5.87. The molecular formula is C19H33N3O4. The molecule has 1 atom stereocenters. The van der Waals surface area contributed by atoms with Gasteiger partial charge in [-0.2, -0.15) is 0 Å². The summed E-state index contributed by atoms with van der Waals surface area (Å²) >= 11 is 0. The van der Waals surface area contributed by atoms with E-state index in [9.17, 15) is 9.59 Å². The Hall–Kier alpha value is -1.44. The topological polar surface area (TPSA) is 62.3 Å². The molecule has 2 aliphatic heterocycles. The summed E-state index contributed by atoms with van der Waals surface area (Å²) in [5.74, 6) is 0.119. The highest BCUT2D eigenvalue weighted by atomic mass is 16.5. The van der Waals surface area contributed by atoms with Crippen molar-refractivity contribution in [2.45, 2.75) is 31.3 Å². The molecule has 0 N–H and O–H groups in total. The van der Waals surface area contributed by atoms with Gasteiger partial charge in [-0.05, 0) is 19.3 Å². The van der Waals surface area contributed by atoms with Crippen LogP contribution in [0.2, 0.25) is 0 Å². The molecule has 0 saturated carbocycles. The number of piperidine rings is 1. The summed E-state index contributed by atoms with van der Waals surface area (Å²) in [7, 11) is 5.21. The first-order chi connectivity index (χ1) is 12.5. The van der Waals surface area contributed by atoms with Crippen molar-refractivity contribution in [2.75, 3.05) is 67.1 Å². The van der Waals surface area contributed by atoms with Gasteiger partial charge in [-0.25, -0.2) is 0 Å². The van der Waals surface area contributed by atoms with E-state index in [2.05, 4.69) is 4.90 Å². The van der Waals surface area contributed by atoms with Crippen molar-refractivity contribution in [1.82, 2.24) is 14.7 Å². The van der Waals surface area contributed by atoms with E-state index in [-0.39, 0.29) is 11.8 Å². The van der Waals surface area contributed by atoms with Crippen molar-refractivity contribution in [1.29, 1.82) is 0 Å². The lowest BCUT2D eigenvalue weighted by atomic mass is 9.87. The number of rotatable bonds is 7. The Morgan fingerprint density at radius 3 is 2.62 bits per heavy atom. The van der Waals surface area contributed by atoms with Crippen LogP contribution in [0, 0.1) is 0 Å². The first-order valence-corrected chi connectivity index (χ1v) is 9.47. The molecule has 2 aliphatic rings. The normalized spacial score (nSPS) is 24.8. The largest absolute Gasteiger partial charge is 0.379 e. The molecule has 148 valence electrons. The standard InChI is InChI=1S/C19H33N3O4/c1-20(2)17(23)7-9-19(25-3)8-5-11-22(16-19)18(24)6-4-10-21-12-14-26-15-13-21/h4,6H,5,7-16H2,1-3H3/b6-4+. The third kappa shape index (κ3) is 6.07. The molecule has 1 unspecified atom stereocenters. The number of carbonyl (C=O) groups is 2. The minimum atomic E-state index is -0.419. The van der Waals surface area contributed by atoms with Gasteiger partial charge in [-0.15, -0.1) is 0 Å². The van der Waals surface area contributed by atoms with E-state index in [0.29, 0.717) is 19.4 Å². The van der Waals surface area contributed by atoms with E-state index < -0.39 is 5.60 Å². The lowest BCUT2D eigenvalue weighted by Crippen LogP contribution is -2.51. The third-order valence-electron chi connectivity index (χ3n) is 5.31. The van der Waals surface area contributed by atoms with Crippen LogP contribution in [0.3, 0.4) is 0 Å². The minimum Gasteiger partial charge on any atom is -0.379 e. The Morgan fingerprint density at radius 1 is 1.23 bits per heavy atom. The lowest BCUT2D eigenvalue weighted by molar-refractivity contribution is -0.138. The summed E-state index contributed by atoms with van der Waals surface area (Å²) in [6.07, 6.45) is 6.47. The van der Waals surface area contributed by atoms with Crippen LogP contribution in [0.5, 0.6) is 0 Å². The van der Waals surface area contributed by atoms with E-state index in [0.717, 1.165) is 52.2 Å². The number of ether oxygens (including phenoxy) is 2. The van der Waals surface area contributed by atoms with E-state index in [1.807, 2.05) is 11.0 Å². The molecule has 2 amide bonds. The summed E-state index contributed by atoms with van der Waals surface area (Å²) in [5, 5.41) is 0. The number of hydrogen-bond acceptors (Lipinski definition) is 5. The Labute approximate surface area is 156 Å². The van der Waals surface area contributed by atoms with Crippen LogP contribution in [0.4, 0.5) is 0 Å². The number of morpholine rings is 1. The zero-order chi connectivity index (χ0) is 19.0. The van der Waals surface area contributed by atoms with E-state index in [1.165, 1.54) is 0 Å². The predicted molar refractivity (Wildman–Crippen MR) is 99.9 cm³/mol. The second kappa shape index (κ2) is 10.0. The highest BCUT2D eigenvalue weighted by Gasteiger charge is 2.37. The van der Waals surface area contributed by atoms with Crippen molar-refractivity contribution in [2.24, 2.45) is 0 Å². The fourth-order valence-electron chi connectivity index (χ4n) is 3.51. The number of carbonyl (C=O) groups excluding carboxylic acids is 2. The maximum atomic E-state index is 12.6. The Kier molecular flexibility index (Phi) is 8.06. The SMILES string of the molecule is COC1(CCC(=O)N(C)C)CCCN(C(=O)/C=C/CN2CCOCC2)C1. The summed E-state index contributed by atoms with van der Waals surface area (Å²) < 4.78 is 11.1. The van der Waals surface area contributed by atoms with Crippen LogP contribution in [-0.2, 0) is 19.1 Å². The molecule has 7 heteroatoms. The second-order valence-electron chi connectivity index (χ2n) is 7.35. The second-order valence-corrected chi connectivity index (χ2v) is 7.35. The van der Waals surface area contributed by atoms with Crippen LogP contribution < -0.4 is 0 Å². The van der Waals surface area contributed by atoms with E-state index in [1.54, 1.807) is 32.2 Å². The molecule has 0 aromatic rings. The Balaban J connectivity index is 1.86. The average Bonchev–Trinajstić information content (AvgIpc) is 2.67. The number of methoxy groups -OCH3 is 1. The van der Waals surface area contributed by atoms with Crippen molar-refractivity contribution in [3.63, 3.8) is 0 Å². The quantitative estimate of drug-likeness (QED) is 0.622. The van der Waals surface area contributed by atoms with Gasteiger partial charge in [-0.1, -0.05) is 6.08 Å². The number of likely N-dealkylation sites (tertiary alicyclic amines) is 1. The lowest BCUT2D eigenvalue weighted by Gasteiger charge is -2.41. The molecule has 2 rings (SSSR count). The van der Waals surface area contributed by atoms with Crippen LogP contribution in [0.25, 0.3) is 0 Å². The number of nitrogens with zero attached hydrogens (tertiary/aromatic N) is 3. The first kappa shape index (κ1) is 20.9. The highest BCUT2D eigenvalue weighted by Crippen LogP contribution is 2.29. The smallest absolute Gasteiger partial charge is 0.246 e. The van der Waals surface area contributed by atoms with Crippen molar-refractivity contribution < 1.29 is 19.1 Å². The maximum absolute atomic E-state index is 12.6. The maximum Gasteiger partial charge on any atom is 0.246 e. The van der Waals surface area contributed by atoms with Gasteiger partial charge in [0.25, 0.3) is 0 Å². The molecule has 7 nitrogen and oxygen atoms in total. The molecular weight excluding hydrogens is 334 g/mol. The summed E-state index contributed by atoms with van der Waals surface area (Å²) in [5.41, 5.74) is -0.419.